The van der Waals surface area contributed by atoms with E-state index in [0.717, 1.165) is 13.1 Å². The van der Waals surface area contributed by atoms with E-state index in [2.05, 4.69) is 24.4 Å². The zero-order valence-electron chi connectivity index (χ0n) is 6.83. The van der Waals surface area contributed by atoms with Gasteiger partial charge >= 0.3 is 0 Å². The number of nitrogens with zero attached hydrogens (tertiary/aromatic N) is 1. The van der Waals surface area contributed by atoms with Gasteiger partial charge in [-0.3, -0.25) is 0 Å². The van der Waals surface area contributed by atoms with Crippen LogP contribution in [0.5, 0.6) is 0 Å². The van der Waals surface area contributed by atoms with E-state index in [0.29, 0.717) is 12.2 Å². The van der Waals surface area contributed by atoms with Gasteiger partial charge in [0.2, 0.25) is 0 Å². The number of rotatable bonds is 3. The molecule has 10 heavy (non-hydrogen) atoms. The van der Waals surface area contributed by atoms with Gasteiger partial charge in [0.05, 0.1) is 12.2 Å². The number of hydrogen-bond acceptors (Lipinski definition) is 3. The van der Waals surface area contributed by atoms with Crippen molar-refractivity contribution in [1.82, 2.24) is 4.31 Å². The van der Waals surface area contributed by atoms with E-state index < -0.39 is 0 Å². The molecule has 1 saturated heterocycles. The Labute approximate surface area is 67.1 Å². The van der Waals surface area contributed by atoms with Crippen LogP contribution in [-0.2, 0) is 4.74 Å². The lowest BCUT2D eigenvalue weighted by molar-refractivity contribution is -0.0487. The van der Waals surface area contributed by atoms with Crippen LogP contribution in [0.4, 0.5) is 0 Å². The minimum absolute atomic E-state index is 0.383. The van der Waals surface area contributed by atoms with Crippen molar-refractivity contribution in [2.45, 2.75) is 26.1 Å². The summed E-state index contributed by atoms with van der Waals surface area (Å²) in [6.45, 7) is 6.36. The second-order valence-corrected chi connectivity index (χ2v) is 3.72. The van der Waals surface area contributed by atoms with Crippen LogP contribution >= 0.6 is 11.9 Å². The van der Waals surface area contributed by atoms with E-state index in [4.69, 9.17) is 4.74 Å². The first-order valence-corrected chi connectivity index (χ1v) is 4.85. The Morgan fingerprint density at radius 2 is 2.10 bits per heavy atom. The predicted molar refractivity (Wildman–Crippen MR) is 45.1 cm³/mol. The van der Waals surface area contributed by atoms with Gasteiger partial charge in [-0.05, 0) is 20.1 Å². The summed E-state index contributed by atoms with van der Waals surface area (Å²) >= 11 is 1.80. The Bertz CT molecular complexity index is 102. The van der Waals surface area contributed by atoms with Gasteiger partial charge in [0, 0.05) is 13.1 Å². The highest BCUT2D eigenvalue weighted by Crippen LogP contribution is 2.19. The van der Waals surface area contributed by atoms with Crippen molar-refractivity contribution >= 4 is 11.9 Å². The van der Waals surface area contributed by atoms with E-state index >= 15 is 0 Å². The zero-order valence-corrected chi connectivity index (χ0v) is 7.65. The van der Waals surface area contributed by atoms with Gasteiger partial charge in [0.25, 0.3) is 0 Å². The summed E-state index contributed by atoms with van der Waals surface area (Å²) in [7, 11) is 0. The van der Waals surface area contributed by atoms with Crippen molar-refractivity contribution in [2.75, 3.05) is 19.3 Å². The van der Waals surface area contributed by atoms with E-state index in [1.54, 1.807) is 11.9 Å². The molecule has 0 spiro atoms. The lowest BCUT2D eigenvalue weighted by Gasteiger charge is -2.37. The highest BCUT2D eigenvalue weighted by molar-refractivity contribution is 7.96. The molecule has 1 aliphatic heterocycles. The molecule has 0 aliphatic carbocycles. The molecule has 0 aromatic carbocycles. The topological polar surface area (TPSA) is 12.5 Å². The minimum Gasteiger partial charge on any atom is -0.373 e. The molecule has 0 unspecified atom stereocenters. The van der Waals surface area contributed by atoms with Crippen molar-refractivity contribution in [1.29, 1.82) is 0 Å². The first-order valence-electron chi connectivity index (χ1n) is 3.67. The van der Waals surface area contributed by atoms with Crippen molar-refractivity contribution in [3.63, 3.8) is 0 Å². The SMILES string of the molecule is CSN1CC(OC(C)C)C1. The largest absolute Gasteiger partial charge is 0.373 e. The van der Waals surface area contributed by atoms with Crippen LogP contribution in [0.2, 0.25) is 0 Å². The van der Waals surface area contributed by atoms with E-state index in [-0.39, 0.29) is 0 Å². The molecule has 1 fully saturated rings. The molecule has 0 atom stereocenters. The smallest absolute Gasteiger partial charge is 0.0850 e. The molecule has 0 aromatic heterocycles. The third kappa shape index (κ3) is 2.15. The zero-order chi connectivity index (χ0) is 7.56. The van der Waals surface area contributed by atoms with Crippen LogP contribution < -0.4 is 0 Å². The first-order chi connectivity index (χ1) is 4.72. The molecule has 3 heteroatoms. The molecule has 0 aromatic rings. The van der Waals surface area contributed by atoms with Crippen molar-refractivity contribution in [2.24, 2.45) is 0 Å². The van der Waals surface area contributed by atoms with Gasteiger partial charge in [0.1, 0.15) is 0 Å². The molecule has 2 nitrogen and oxygen atoms in total. The fraction of sp³-hybridized carbons (Fsp3) is 1.00. The lowest BCUT2D eigenvalue weighted by atomic mass is 10.2. The molecule has 0 amide bonds. The van der Waals surface area contributed by atoms with Gasteiger partial charge in [-0.15, -0.1) is 0 Å². The van der Waals surface area contributed by atoms with Crippen LogP contribution in [0.25, 0.3) is 0 Å². The molecular formula is C7H15NOS. The Kier molecular flexibility index (Phi) is 3.01. The van der Waals surface area contributed by atoms with Crippen LogP contribution in [0.1, 0.15) is 13.8 Å². The molecule has 1 heterocycles. The summed E-state index contributed by atoms with van der Waals surface area (Å²) < 4.78 is 7.86. The van der Waals surface area contributed by atoms with Crippen LogP contribution in [0.15, 0.2) is 0 Å². The highest BCUT2D eigenvalue weighted by Gasteiger charge is 2.27. The molecule has 1 rings (SSSR count). The maximum atomic E-state index is 5.56. The van der Waals surface area contributed by atoms with E-state index in [9.17, 15) is 0 Å². The van der Waals surface area contributed by atoms with Crippen molar-refractivity contribution in [3.8, 4) is 0 Å². The Morgan fingerprint density at radius 3 is 2.50 bits per heavy atom. The molecule has 0 bridgehead atoms. The summed E-state index contributed by atoms with van der Waals surface area (Å²) in [4.78, 5) is 0. The van der Waals surface area contributed by atoms with Gasteiger partial charge < -0.3 is 4.74 Å². The molecule has 1 aliphatic rings. The normalized spacial score (nSPS) is 21.6. The van der Waals surface area contributed by atoms with Gasteiger partial charge in [0.15, 0.2) is 0 Å². The number of hydrogen-bond donors (Lipinski definition) is 0. The quantitative estimate of drug-likeness (QED) is 0.580. The Balaban J connectivity index is 2.03. The molecule has 60 valence electrons. The lowest BCUT2D eigenvalue weighted by Crippen LogP contribution is -2.48. The predicted octanol–water partition coefficient (Wildman–Crippen LogP) is 1.37. The minimum atomic E-state index is 0.383. The standard InChI is InChI=1S/C7H15NOS/c1-6(2)9-7-4-8(5-7)10-3/h6-7H,4-5H2,1-3H3. The molecular weight excluding hydrogens is 146 g/mol. The fourth-order valence-electron chi connectivity index (χ4n) is 1.02. The summed E-state index contributed by atoms with van der Waals surface area (Å²) in [6, 6.07) is 0. The average molecular weight is 161 g/mol. The third-order valence-electron chi connectivity index (χ3n) is 1.54. The maximum absolute atomic E-state index is 5.56. The van der Waals surface area contributed by atoms with E-state index in [1.807, 2.05) is 0 Å². The molecule has 0 N–H and O–H groups in total. The van der Waals surface area contributed by atoms with Crippen LogP contribution in [0.3, 0.4) is 0 Å². The summed E-state index contributed by atoms with van der Waals surface area (Å²) in [5, 5.41) is 0. The summed E-state index contributed by atoms with van der Waals surface area (Å²) in [5.74, 6) is 0. The highest BCUT2D eigenvalue weighted by atomic mass is 32.2. The summed E-state index contributed by atoms with van der Waals surface area (Å²) in [6.07, 6.45) is 2.98. The third-order valence-corrected chi connectivity index (χ3v) is 2.35. The molecule has 0 saturated carbocycles. The maximum Gasteiger partial charge on any atom is 0.0850 e. The van der Waals surface area contributed by atoms with Crippen LogP contribution in [0, 0.1) is 0 Å². The average Bonchev–Trinajstić information content (AvgIpc) is 1.76. The fourth-order valence-corrected chi connectivity index (χ4v) is 1.65. The van der Waals surface area contributed by atoms with Gasteiger partial charge in [-0.1, -0.05) is 11.9 Å². The van der Waals surface area contributed by atoms with Crippen LogP contribution in [-0.4, -0.2) is 35.9 Å². The van der Waals surface area contributed by atoms with Gasteiger partial charge in [-0.2, -0.15) is 0 Å². The molecule has 0 radical (unpaired) electrons. The van der Waals surface area contributed by atoms with E-state index in [1.165, 1.54) is 0 Å². The second kappa shape index (κ2) is 3.60. The second-order valence-electron chi connectivity index (χ2n) is 2.84. The van der Waals surface area contributed by atoms with Gasteiger partial charge in [-0.25, -0.2) is 4.31 Å². The first kappa shape index (κ1) is 8.37. The van der Waals surface area contributed by atoms with Crippen molar-refractivity contribution < 1.29 is 4.74 Å². The Morgan fingerprint density at radius 1 is 1.50 bits per heavy atom. The summed E-state index contributed by atoms with van der Waals surface area (Å²) in [5.41, 5.74) is 0. The monoisotopic (exact) mass is 161 g/mol. The Hall–Kier alpha value is 0.270. The van der Waals surface area contributed by atoms with Crippen molar-refractivity contribution in [3.05, 3.63) is 0 Å². The number of ether oxygens (including phenoxy) is 1.